The Bertz CT molecular complexity index is 399. The van der Waals surface area contributed by atoms with E-state index in [1.54, 1.807) is 0 Å². The fourth-order valence-electron chi connectivity index (χ4n) is 0.857. The lowest BCUT2D eigenvalue weighted by Gasteiger charge is -2.00. The minimum Gasteiger partial charge on any atom is -0.494 e. The minimum absolute atomic E-state index is 0.0374. The number of carbonyl (C=O) groups is 1. The molecule has 0 bridgehead atoms. The van der Waals surface area contributed by atoms with Crippen LogP contribution < -0.4 is 11.3 Å². The van der Waals surface area contributed by atoms with E-state index in [0.717, 1.165) is 6.07 Å². The zero-order chi connectivity index (χ0) is 10.0. The number of carbonyl (C=O) groups excluding carboxylic acids is 1. The van der Waals surface area contributed by atoms with E-state index >= 15 is 0 Å². The monoisotopic (exact) mass is 186 g/mol. The first-order valence-electron chi connectivity index (χ1n) is 3.39. The number of primary amides is 1. The molecule has 0 radical (unpaired) electrons. The van der Waals surface area contributed by atoms with E-state index in [9.17, 15) is 14.0 Å². The number of halogens is 1. The Labute approximate surface area is 72.0 Å². The quantitative estimate of drug-likeness (QED) is 0.566. The van der Waals surface area contributed by atoms with Gasteiger partial charge in [0.2, 0.25) is 5.91 Å². The highest BCUT2D eigenvalue weighted by molar-refractivity contribution is 5.77. The summed E-state index contributed by atoms with van der Waals surface area (Å²) in [5, 5.41) is 9.03. The van der Waals surface area contributed by atoms with Gasteiger partial charge in [-0.2, -0.15) is 0 Å². The lowest BCUT2D eigenvalue weighted by molar-refractivity contribution is -0.117. The van der Waals surface area contributed by atoms with Gasteiger partial charge in [0.05, 0.1) is 6.42 Å². The summed E-state index contributed by atoms with van der Waals surface area (Å²) in [6, 6.07) is 0.777. The fourth-order valence-corrected chi connectivity index (χ4v) is 0.857. The molecule has 1 aromatic rings. The number of pyridine rings is 1. The Morgan fingerprint density at radius 1 is 1.69 bits per heavy atom. The second kappa shape index (κ2) is 3.26. The summed E-state index contributed by atoms with van der Waals surface area (Å²) in [7, 11) is 0. The maximum atomic E-state index is 12.6. The van der Waals surface area contributed by atoms with Crippen molar-refractivity contribution in [1.82, 2.24) is 4.98 Å². The van der Waals surface area contributed by atoms with Gasteiger partial charge in [0.15, 0.2) is 11.7 Å². The highest BCUT2D eigenvalue weighted by Crippen LogP contribution is 2.11. The van der Waals surface area contributed by atoms with Crippen LogP contribution in [0.25, 0.3) is 0 Å². The van der Waals surface area contributed by atoms with Gasteiger partial charge in [0.25, 0.3) is 5.56 Å². The van der Waals surface area contributed by atoms with Gasteiger partial charge in [-0.05, 0) is 6.07 Å². The molecule has 0 saturated heterocycles. The van der Waals surface area contributed by atoms with Crippen LogP contribution >= 0.6 is 0 Å². The van der Waals surface area contributed by atoms with Gasteiger partial charge in [0, 0.05) is 5.56 Å². The molecule has 1 heterocycles. The second-order valence-corrected chi connectivity index (χ2v) is 2.46. The minimum atomic E-state index is -1.06. The summed E-state index contributed by atoms with van der Waals surface area (Å²) in [6.07, 6.45) is -0.320. The molecular formula is C7H7FN2O3. The summed E-state index contributed by atoms with van der Waals surface area (Å²) < 4.78 is 12.6. The topological polar surface area (TPSA) is 96.2 Å². The number of nitrogens with one attached hydrogen (secondary N) is 1. The van der Waals surface area contributed by atoms with Crippen LogP contribution in [-0.2, 0) is 11.2 Å². The normalized spacial score (nSPS) is 9.92. The van der Waals surface area contributed by atoms with Gasteiger partial charge in [-0.1, -0.05) is 0 Å². The van der Waals surface area contributed by atoms with Crippen molar-refractivity contribution in [2.24, 2.45) is 5.73 Å². The number of amides is 1. The molecule has 0 aliphatic carbocycles. The van der Waals surface area contributed by atoms with Crippen LogP contribution in [0.2, 0.25) is 0 Å². The van der Waals surface area contributed by atoms with E-state index in [4.69, 9.17) is 10.8 Å². The lowest BCUT2D eigenvalue weighted by atomic mass is 10.2. The summed E-state index contributed by atoms with van der Waals surface area (Å²) in [5.74, 6) is -2.32. The van der Waals surface area contributed by atoms with E-state index in [0.29, 0.717) is 0 Å². The molecule has 5 nitrogen and oxygen atoms in total. The first kappa shape index (κ1) is 9.24. The van der Waals surface area contributed by atoms with Crippen molar-refractivity contribution in [3.05, 3.63) is 27.8 Å². The van der Waals surface area contributed by atoms with Crippen LogP contribution in [0.3, 0.4) is 0 Å². The first-order chi connectivity index (χ1) is 6.00. The largest absolute Gasteiger partial charge is 0.494 e. The summed E-state index contributed by atoms with van der Waals surface area (Å²) in [4.78, 5) is 22.8. The third-order valence-electron chi connectivity index (χ3n) is 1.42. The van der Waals surface area contributed by atoms with Crippen LogP contribution in [0.4, 0.5) is 4.39 Å². The molecule has 0 atom stereocenters. The van der Waals surface area contributed by atoms with E-state index < -0.39 is 23.2 Å². The highest BCUT2D eigenvalue weighted by atomic mass is 19.1. The van der Waals surface area contributed by atoms with Gasteiger partial charge < -0.3 is 10.8 Å². The Balaban J connectivity index is 3.16. The van der Waals surface area contributed by atoms with E-state index in [-0.39, 0.29) is 12.0 Å². The summed E-state index contributed by atoms with van der Waals surface area (Å²) in [6.45, 7) is 0. The van der Waals surface area contributed by atoms with E-state index in [1.807, 2.05) is 4.98 Å². The zero-order valence-electron chi connectivity index (χ0n) is 6.50. The van der Waals surface area contributed by atoms with Gasteiger partial charge in [-0.15, -0.1) is 0 Å². The van der Waals surface area contributed by atoms with Crippen LogP contribution in [0.15, 0.2) is 10.9 Å². The number of aromatic amines is 1. The van der Waals surface area contributed by atoms with Gasteiger partial charge in [-0.25, -0.2) is 4.39 Å². The Morgan fingerprint density at radius 2 is 2.31 bits per heavy atom. The van der Waals surface area contributed by atoms with Crippen molar-refractivity contribution < 1.29 is 14.3 Å². The number of hydrogen-bond donors (Lipinski definition) is 3. The lowest BCUT2D eigenvalue weighted by Crippen LogP contribution is -2.17. The molecule has 0 saturated carbocycles. The molecule has 1 amide bonds. The van der Waals surface area contributed by atoms with Crippen LogP contribution in [0.5, 0.6) is 5.88 Å². The zero-order valence-corrected chi connectivity index (χ0v) is 6.50. The van der Waals surface area contributed by atoms with Crippen molar-refractivity contribution in [2.75, 3.05) is 0 Å². The van der Waals surface area contributed by atoms with Crippen molar-refractivity contribution in [2.45, 2.75) is 6.42 Å². The molecule has 0 aliphatic heterocycles. The number of hydrogen-bond acceptors (Lipinski definition) is 3. The second-order valence-electron chi connectivity index (χ2n) is 2.46. The smallest absolute Gasteiger partial charge is 0.286 e. The average Bonchev–Trinajstić information content (AvgIpc) is 1.99. The molecule has 6 heteroatoms. The molecule has 1 aromatic heterocycles. The predicted molar refractivity (Wildman–Crippen MR) is 41.6 cm³/mol. The van der Waals surface area contributed by atoms with Crippen LogP contribution in [0.1, 0.15) is 5.56 Å². The molecule has 0 spiro atoms. The number of H-pyrrole nitrogens is 1. The number of rotatable bonds is 2. The van der Waals surface area contributed by atoms with E-state index in [2.05, 4.69) is 0 Å². The predicted octanol–water partition coefficient (Wildman–Crippen LogP) is -0.753. The van der Waals surface area contributed by atoms with Crippen molar-refractivity contribution in [3.63, 3.8) is 0 Å². The van der Waals surface area contributed by atoms with Crippen LogP contribution in [0, 0.1) is 5.82 Å². The summed E-state index contributed by atoms with van der Waals surface area (Å²) in [5.41, 5.74) is 3.74. The molecule has 0 aliphatic rings. The maximum absolute atomic E-state index is 12.6. The molecule has 70 valence electrons. The van der Waals surface area contributed by atoms with Gasteiger partial charge >= 0.3 is 0 Å². The molecule has 0 aromatic carbocycles. The first-order valence-corrected chi connectivity index (χ1v) is 3.39. The molecule has 4 N–H and O–H groups in total. The SMILES string of the molecule is NC(=O)Cc1cc(F)c(=O)[nH]c1O. The van der Waals surface area contributed by atoms with Crippen LogP contribution in [-0.4, -0.2) is 16.0 Å². The highest BCUT2D eigenvalue weighted by Gasteiger charge is 2.09. The Kier molecular flexibility index (Phi) is 2.32. The van der Waals surface area contributed by atoms with Crippen molar-refractivity contribution in [3.8, 4) is 5.88 Å². The van der Waals surface area contributed by atoms with Gasteiger partial charge in [-0.3, -0.25) is 14.6 Å². The molecule has 13 heavy (non-hydrogen) atoms. The Morgan fingerprint density at radius 3 is 2.85 bits per heavy atom. The molecule has 0 fully saturated rings. The van der Waals surface area contributed by atoms with Gasteiger partial charge in [0.1, 0.15) is 0 Å². The Hall–Kier alpha value is -1.85. The fraction of sp³-hybridized carbons (Fsp3) is 0.143. The van der Waals surface area contributed by atoms with Crippen molar-refractivity contribution in [1.29, 1.82) is 0 Å². The number of aromatic hydroxyl groups is 1. The third-order valence-corrected chi connectivity index (χ3v) is 1.42. The maximum Gasteiger partial charge on any atom is 0.286 e. The number of nitrogens with two attached hydrogens (primary N) is 1. The van der Waals surface area contributed by atoms with Crippen molar-refractivity contribution >= 4 is 5.91 Å². The number of aromatic nitrogens is 1. The third kappa shape index (κ3) is 2.05. The molecule has 0 unspecified atom stereocenters. The molecular weight excluding hydrogens is 179 g/mol. The molecule has 1 rings (SSSR count). The van der Waals surface area contributed by atoms with E-state index in [1.165, 1.54) is 0 Å². The standard InChI is InChI=1S/C7H7FN2O3/c8-4-1-3(2-5(9)11)6(12)10-7(4)13/h1H,2H2,(H2,9,11)(H2,10,12,13). The average molecular weight is 186 g/mol. The summed E-state index contributed by atoms with van der Waals surface area (Å²) >= 11 is 0.